The maximum atomic E-state index is 12.2. The molecule has 1 aromatic carbocycles. The predicted molar refractivity (Wildman–Crippen MR) is 91.6 cm³/mol. The number of amides is 1. The van der Waals surface area contributed by atoms with Gasteiger partial charge < -0.3 is 11.1 Å². The average molecular weight is 330 g/mol. The van der Waals surface area contributed by atoms with E-state index in [1.165, 1.54) is 18.7 Å². The van der Waals surface area contributed by atoms with E-state index >= 15 is 0 Å². The molecule has 3 N–H and O–H groups in total. The number of carbonyl (C=O) groups excluding carboxylic acids is 2. The van der Waals surface area contributed by atoms with Crippen molar-refractivity contribution in [2.45, 2.75) is 31.2 Å². The van der Waals surface area contributed by atoms with Crippen molar-refractivity contribution < 1.29 is 9.59 Å². The van der Waals surface area contributed by atoms with Crippen molar-refractivity contribution in [2.24, 2.45) is 0 Å². The number of ketones is 1. The SMILES string of the molecule is CC(=O)c1ccc(NC(=O)[C@H](C)Sc2nc(C)cc(N)n2)cc1. The third-order valence-electron chi connectivity index (χ3n) is 3.06. The van der Waals surface area contributed by atoms with E-state index < -0.39 is 0 Å². The molecule has 0 aliphatic carbocycles. The first-order chi connectivity index (χ1) is 10.8. The first-order valence-corrected chi connectivity index (χ1v) is 7.93. The fourth-order valence-electron chi connectivity index (χ4n) is 1.86. The smallest absolute Gasteiger partial charge is 0.237 e. The van der Waals surface area contributed by atoms with Gasteiger partial charge in [0.15, 0.2) is 10.9 Å². The van der Waals surface area contributed by atoms with Crippen LogP contribution in [0.1, 0.15) is 29.9 Å². The van der Waals surface area contributed by atoms with Crippen LogP contribution in [0.15, 0.2) is 35.5 Å². The number of anilines is 2. The minimum Gasteiger partial charge on any atom is -0.384 e. The molecular formula is C16H18N4O2S. The number of nitrogens with two attached hydrogens (primary N) is 1. The molecule has 2 rings (SSSR count). The van der Waals surface area contributed by atoms with E-state index in [1.807, 2.05) is 6.92 Å². The minimum absolute atomic E-state index is 0.0130. The number of rotatable bonds is 5. The number of hydrogen-bond acceptors (Lipinski definition) is 6. The molecule has 1 heterocycles. The van der Waals surface area contributed by atoms with E-state index in [1.54, 1.807) is 37.3 Å². The highest BCUT2D eigenvalue weighted by atomic mass is 32.2. The molecule has 7 heteroatoms. The van der Waals surface area contributed by atoms with E-state index in [0.717, 1.165) is 5.69 Å². The first-order valence-electron chi connectivity index (χ1n) is 7.05. The van der Waals surface area contributed by atoms with Gasteiger partial charge in [0.2, 0.25) is 5.91 Å². The quantitative estimate of drug-likeness (QED) is 0.497. The number of aryl methyl sites for hydroxylation is 1. The fraction of sp³-hybridized carbons (Fsp3) is 0.250. The van der Waals surface area contributed by atoms with Gasteiger partial charge in [0.25, 0.3) is 0 Å². The zero-order chi connectivity index (χ0) is 17.0. The van der Waals surface area contributed by atoms with Gasteiger partial charge in [0.1, 0.15) is 5.82 Å². The van der Waals surface area contributed by atoms with Crippen LogP contribution < -0.4 is 11.1 Å². The Morgan fingerprint density at radius 1 is 1.22 bits per heavy atom. The lowest BCUT2D eigenvalue weighted by Gasteiger charge is -2.12. The largest absolute Gasteiger partial charge is 0.384 e. The maximum absolute atomic E-state index is 12.2. The van der Waals surface area contributed by atoms with Gasteiger partial charge in [-0.2, -0.15) is 0 Å². The lowest BCUT2D eigenvalue weighted by Crippen LogP contribution is -2.22. The molecule has 1 amide bonds. The van der Waals surface area contributed by atoms with Crippen molar-refractivity contribution in [3.63, 3.8) is 0 Å². The normalized spacial score (nSPS) is 11.8. The van der Waals surface area contributed by atoms with E-state index in [4.69, 9.17) is 5.73 Å². The van der Waals surface area contributed by atoms with Crippen LogP contribution in [0.2, 0.25) is 0 Å². The number of nitrogens with zero attached hydrogens (tertiary/aromatic N) is 2. The summed E-state index contributed by atoms with van der Waals surface area (Å²) in [6, 6.07) is 8.44. The van der Waals surface area contributed by atoms with Crippen molar-refractivity contribution >= 4 is 35.0 Å². The second kappa shape index (κ2) is 7.23. The number of carbonyl (C=O) groups is 2. The zero-order valence-corrected chi connectivity index (χ0v) is 14.0. The summed E-state index contributed by atoms with van der Waals surface area (Å²) in [5.74, 6) is 0.197. The summed E-state index contributed by atoms with van der Waals surface area (Å²) in [4.78, 5) is 31.8. The van der Waals surface area contributed by atoms with Crippen molar-refractivity contribution in [1.82, 2.24) is 9.97 Å². The standard InChI is InChI=1S/C16H18N4O2S/c1-9-8-14(17)20-16(18-9)23-11(3)15(22)19-13-6-4-12(5-7-13)10(2)21/h4-8,11H,1-3H3,(H,19,22)(H2,17,18,20)/t11-/m0/s1. The van der Waals surface area contributed by atoms with Gasteiger partial charge in [0, 0.05) is 23.0 Å². The topological polar surface area (TPSA) is 98.0 Å². The molecule has 0 aliphatic rings. The molecule has 1 atom stereocenters. The Labute approximate surface area is 138 Å². The second-order valence-corrected chi connectivity index (χ2v) is 6.41. The van der Waals surface area contributed by atoms with Gasteiger partial charge in [-0.05, 0) is 45.0 Å². The van der Waals surface area contributed by atoms with Crippen LogP contribution in [0.4, 0.5) is 11.5 Å². The number of nitrogen functional groups attached to an aromatic ring is 1. The highest BCUT2D eigenvalue weighted by molar-refractivity contribution is 8.00. The number of thioether (sulfide) groups is 1. The fourth-order valence-corrected chi connectivity index (χ4v) is 2.70. The van der Waals surface area contributed by atoms with Crippen LogP contribution in [0.3, 0.4) is 0 Å². The van der Waals surface area contributed by atoms with Crippen LogP contribution in [0.25, 0.3) is 0 Å². The van der Waals surface area contributed by atoms with Crippen LogP contribution in [-0.4, -0.2) is 26.9 Å². The number of hydrogen-bond donors (Lipinski definition) is 2. The van der Waals surface area contributed by atoms with Crippen molar-refractivity contribution in [2.75, 3.05) is 11.1 Å². The van der Waals surface area contributed by atoms with Crippen molar-refractivity contribution in [3.05, 3.63) is 41.6 Å². The second-order valence-electron chi connectivity index (χ2n) is 5.10. The lowest BCUT2D eigenvalue weighted by atomic mass is 10.1. The van der Waals surface area contributed by atoms with Gasteiger partial charge in [-0.25, -0.2) is 9.97 Å². The molecule has 0 spiro atoms. The van der Waals surface area contributed by atoms with Gasteiger partial charge in [-0.1, -0.05) is 11.8 Å². The Morgan fingerprint density at radius 3 is 2.43 bits per heavy atom. The van der Waals surface area contributed by atoms with Crippen LogP contribution >= 0.6 is 11.8 Å². The van der Waals surface area contributed by atoms with Crippen LogP contribution in [0.5, 0.6) is 0 Å². The summed E-state index contributed by atoms with van der Waals surface area (Å²) >= 11 is 1.24. The number of Topliss-reactive ketones (excluding diaryl/α,β-unsaturated/α-hetero) is 1. The maximum Gasteiger partial charge on any atom is 0.237 e. The van der Waals surface area contributed by atoms with Crippen molar-refractivity contribution in [1.29, 1.82) is 0 Å². The molecule has 2 aromatic rings. The van der Waals surface area contributed by atoms with Gasteiger partial charge in [0.05, 0.1) is 5.25 Å². The predicted octanol–water partition coefficient (Wildman–Crippen LogP) is 2.69. The molecule has 0 radical (unpaired) electrons. The van der Waals surface area contributed by atoms with Crippen LogP contribution in [-0.2, 0) is 4.79 Å². The zero-order valence-electron chi connectivity index (χ0n) is 13.2. The molecule has 6 nitrogen and oxygen atoms in total. The highest BCUT2D eigenvalue weighted by Gasteiger charge is 2.16. The van der Waals surface area contributed by atoms with Crippen LogP contribution in [0, 0.1) is 6.92 Å². The Hall–Kier alpha value is -2.41. The van der Waals surface area contributed by atoms with E-state index in [0.29, 0.717) is 22.2 Å². The Bertz CT molecular complexity index is 711. The Kier molecular flexibility index (Phi) is 5.33. The van der Waals surface area contributed by atoms with Gasteiger partial charge >= 0.3 is 0 Å². The van der Waals surface area contributed by atoms with E-state index in [-0.39, 0.29) is 16.9 Å². The third kappa shape index (κ3) is 4.79. The summed E-state index contributed by atoms with van der Waals surface area (Å²) in [7, 11) is 0. The summed E-state index contributed by atoms with van der Waals surface area (Å²) in [5, 5.41) is 2.88. The summed E-state index contributed by atoms with van der Waals surface area (Å²) < 4.78 is 0. The summed E-state index contributed by atoms with van der Waals surface area (Å²) in [6.45, 7) is 5.09. The summed E-state index contributed by atoms with van der Waals surface area (Å²) in [5.41, 5.74) is 7.68. The van der Waals surface area contributed by atoms with E-state index in [9.17, 15) is 9.59 Å². The highest BCUT2D eigenvalue weighted by Crippen LogP contribution is 2.22. The number of nitrogens with one attached hydrogen (secondary N) is 1. The molecule has 0 saturated heterocycles. The molecule has 0 unspecified atom stereocenters. The first kappa shape index (κ1) is 17.0. The number of benzene rings is 1. The molecular weight excluding hydrogens is 312 g/mol. The van der Waals surface area contributed by atoms with Gasteiger partial charge in [-0.15, -0.1) is 0 Å². The molecule has 0 saturated carbocycles. The Morgan fingerprint density at radius 2 is 1.87 bits per heavy atom. The minimum atomic E-state index is -0.385. The molecule has 0 fully saturated rings. The monoisotopic (exact) mass is 330 g/mol. The molecule has 0 bridgehead atoms. The van der Waals surface area contributed by atoms with Gasteiger partial charge in [-0.3, -0.25) is 9.59 Å². The molecule has 120 valence electrons. The molecule has 0 aliphatic heterocycles. The van der Waals surface area contributed by atoms with Crippen molar-refractivity contribution in [3.8, 4) is 0 Å². The lowest BCUT2D eigenvalue weighted by molar-refractivity contribution is -0.115. The average Bonchev–Trinajstić information content (AvgIpc) is 2.46. The molecule has 1 aromatic heterocycles. The van der Waals surface area contributed by atoms with E-state index in [2.05, 4.69) is 15.3 Å². The molecule has 23 heavy (non-hydrogen) atoms. The number of aromatic nitrogens is 2. The summed E-state index contributed by atoms with van der Waals surface area (Å²) in [6.07, 6.45) is 0. The third-order valence-corrected chi connectivity index (χ3v) is 4.02. The Balaban J connectivity index is 2.00.